The van der Waals surface area contributed by atoms with E-state index in [-0.39, 0.29) is 11.9 Å². The van der Waals surface area contributed by atoms with E-state index in [2.05, 4.69) is 17.4 Å². The van der Waals surface area contributed by atoms with Crippen molar-refractivity contribution < 1.29 is 14.7 Å². The van der Waals surface area contributed by atoms with Crippen LogP contribution in [0.1, 0.15) is 29.5 Å². The minimum atomic E-state index is -0.832. The largest absolute Gasteiger partial charge is 0.481 e. The van der Waals surface area contributed by atoms with E-state index in [9.17, 15) is 9.59 Å². The normalized spacial score (nSPS) is 23.0. The van der Waals surface area contributed by atoms with Gasteiger partial charge in [0.25, 0.3) is 0 Å². The van der Waals surface area contributed by atoms with E-state index >= 15 is 0 Å². The molecule has 0 saturated carbocycles. The summed E-state index contributed by atoms with van der Waals surface area (Å²) in [5, 5.41) is 11.8. The molecule has 4 heteroatoms. The highest BCUT2D eigenvalue weighted by Crippen LogP contribution is 2.23. The molecule has 4 nitrogen and oxygen atoms in total. The number of aryl methyl sites for hydroxylation is 2. The number of hydrogen-bond acceptors (Lipinski definition) is 2. The van der Waals surface area contributed by atoms with E-state index in [1.165, 1.54) is 17.5 Å². The van der Waals surface area contributed by atoms with E-state index in [4.69, 9.17) is 5.11 Å². The van der Waals surface area contributed by atoms with Gasteiger partial charge in [-0.1, -0.05) is 30.4 Å². The van der Waals surface area contributed by atoms with E-state index in [1.807, 2.05) is 6.07 Å². The number of aliphatic carboxylic acids is 1. The van der Waals surface area contributed by atoms with Crippen LogP contribution in [-0.2, 0) is 28.9 Å². The first-order valence-corrected chi connectivity index (χ1v) is 7.43. The molecule has 1 aromatic rings. The number of rotatable bonds is 4. The van der Waals surface area contributed by atoms with Crippen molar-refractivity contribution in [2.75, 3.05) is 0 Å². The molecule has 2 N–H and O–H groups in total. The van der Waals surface area contributed by atoms with Crippen molar-refractivity contribution in [3.63, 3.8) is 0 Å². The topological polar surface area (TPSA) is 66.4 Å². The quantitative estimate of drug-likeness (QED) is 0.830. The van der Waals surface area contributed by atoms with Crippen LogP contribution in [0.5, 0.6) is 0 Å². The van der Waals surface area contributed by atoms with E-state index in [0.717, 1.165) is 18.4 Å². The van der Waals surface area contributed by atoms with Crippen molar-refractivity contribution in [1.29, 1.82) is 0 Å². The molecule has 0 spiro atoms. The first kappa shape index (κ1) is 13.9. The summed E-state index contributed by atoms with van der Waals surface area (Å²) in [6, 6.07) is 6.12. The molecule has 110 valence electrons. The van der Waals surface area contributed by atoms with Crippen molar-refractivity contribution in [2.24, 2.45) is 5.92 Å². The summed E-state index contributed by atoms with van der Waals surface area (Å²) in [7, 11) is 0. The third kappa shape index (κ3) is 3.15. The Morgan fingerprint density at radius 3 is 2.76 bits per heavy atom. The first-order valence-electron chi connectivity index (χ1n) is 7.43. The number of carbonyl (C=O) groups is 2. The van der Waals surface area contributed by atoms with Crippen LogP contribution in [0.15, 0.2) is 30.4 Å². The Hall–Kier alpha value is -2.10. The van der Waals surface area contributed by atoms with Gasteiger partial charge in [-0.05, 0) is 42.4 Å². The fraction of sp³-hybridized carbons (Fsp3) is 0.412. The molecule has 3 rings (SSSR count). The molecule has 0 heterocycles. The van der Waals surface area contributed by atoms with Gasteiger partial charge in [-0.2, -0.15) is 0 Å². The number of amides is 1. The molecule has 2 unspecified atom stereocenters. The van der Waals surface area contributed by atoms with Crippen molar-refractivity contribution in [3.8, 4) is 0 Å². The average Bonchev–Trinajstić information content (AvgIpc) is 3.06. The lowest BCUT2D eigenvalue weighted by Crippen LogP contribution is -2.34. The maximum absolute atomic E-state index is 12.1. The van der Waals surface area contributed by atoms with Gasteiger partial charge < -0.3 is 10.4 Å². The van der Waals surface area contributed by atoms with Gasteiger partial charge in [0.1, 0.15) is 0 Å². The van der Waals surface area contributed by atoms with Crippen molar-refractivity contribution >= 4 is 11.9 Å². The standard InChI is InChI=1S/C17H19NO3/c19-16(18-15-7-6-14(10-15)17(20)21)9-11-4-5-12-2-1-3-13(12)8-11/h4-8,14-15H,1-3,9-10H2,(H,18,19)(H,20,21). The summed E-state index contributed by atoms with van der Waals surface area (Å²) in [6.07, 6.45) is 7.69. The SMILES string of the molecule is O=C(Cc1ccc2c(c1)CCC2)NC1C=CC(C(=O)O)C1. The fourth-order valence-electron chi connectivity index (χ4n) is 3.17. The van der Waals surface area contributed by atoms with Crippen LogP contribution < -0.4 is 5.32 Å². The third-order valence-electron chi connectivity index (χ3n) is 4.27. The van der Waals surface area contributed by atoms with Gasteiger partial charge >= 0.3 is 5.97 Å². The maximum Gasteiger partial charge on any atom is 0.310 e. The van der Waals surface area contributed by atoms with Crippen LogP contribution in [0.3, 0.4) is 0 Å². The zero-order valence-corrected chi connectivity index (χ0v) is 11.8. The summed E-state index contributed by atoms with van der Waals surface area (Å²) < 4.78 is 0. The van der Waals surface area contributed by atoms with Crippen LogP contribution >= 0.6 is 0 Å². The molecule has 0 aliphatic heterocycles. The van der Waals surface area contributed by atoms with Crippen LogP contribution in [0, 0.1) is 5.92 Å². The van der Waals surface area contributed by atoms with E-state index in [1.54, 1.807) is 12.2 Å². The second-order valence-electron chi connectivity index (χ2n) is 5.87. The van der Waals surface area contributed by atoms with Gasteiger partial charge in [-0.25, -0.2) is 0 Å². The number of carboxylic acids is 1. The predicted octanol–water partition coefficient (Wildman–Crippen LogP) is 1.86. The summed E-state index contributed by atoms with van der Waals surface area (Å²) in [5.41, 5.74) is 3.80. The number of nitrogens with one attached hydrogen (secondary N) is 1. The van der Waals surface area contributed by atoms with Crippen LogP contribution in [0.2, 0.25) is 0 Å². The van der Waals surface area contributed by atoms with Crippen LogP contribution in [-0.4, -0.2) is 23.0 Å². The zero-order chi connectivity index (χ0) is 14.8. The molecule has 1 aromatic carbocycles. The maximum atomic E-state index is 12.1. The lowest BCUT2D eigenvalue weighted by atomic mass is 10.0. The number of fused-ring (bicyclic) bond motifs is 1. The molecule has 21 heavy (non-hydrogen) atoms. The Balaban J connectivity index is 1.55. The molecule has 2 atom stereocenters. The second-order valence-corrected chi connectivity index (χ2v) is 5.87. The molecular formula is C17H19NO3. The molecule has 0 radical (unpaired) electrons. The second kappa shape index (κ2) is 5.72. The highest BCUT2D eigenvalue weighted by molar-refractivity contribution is 5.80. The lowest BCUT2D eigenvalue weighted by molar-refractivity contribution is -0.140. The molecule has 0 saturated heterocycles. The summed E-state index contributed by atoms with van der Waals surface area (Å²) in [6.45, 7) is 0. The number of carbonyl (C=O) groups excluding carboxylic acids is 1. The summed E-state index contributed by atoms with van der Waals surface area (Å²) in [5.74, 6) is -1.36. The first-order chi connectivity index (χ1) is 10.1. The minimum Gasteiger partial charge on any atom is -0.481 e. The number of benzene rings is 1. The minimum absolute atomic E-state index is 0.0476. The Morgan fingerprint density at radius 1 is 1.19 bits per heavy atom. The summed E-state index contributed by atoms with van der Waals surface area (Å²) >= 11 is 0. The molecule has 1 amide bonds. The van der Waals surface area contributed by atoms with Gasteiger partial charge in [0.2, 0.25) is 5.91 Å². The molecule has 0 bridgehead atoms. The van der Waals surface area contributed by atoms with Gasteiger partial charge in [0, 0.05) is 6.04 Å². The van der Waals surface area contributed by atoms with Gasteiger partial charge in [0.15, 0.2) is 0 Å². The Kier molecular flexibility index (Phi) is 3.78. The molecule has 0 aromatic heterocycles. The molecule has 2 aliphatic carbocycles. The molecule has 0 fully saturated rings. The predicted molar refractivity (Wildman–Crippen MR) is 79.0 cm³/mol. The fourth-order valence-corrected chi connectivity index (χ4v) is 3.17. The third-order valence-corrected chi connectivity index (χ3v) is 4.27. The Bertz CT molecular complexity index is 606. The van der Waals surface area contributed by atoms with E-state index < -0.39 is 11.9 Å². The van der Waals surface area contributed by atoms with Crippen molar-refractivity contribution in [2.45, 2.75) is 38.1 Å². The highest BCUT2D eigenvalue weighted by atomic mass is 16.4. The lowest BCUT2D eigenvalue weighted by Gasteiger charge is -2.12. The number of hydrogen-bond donors (Lipinski definition) is 2. The highest BCUT2D eigenvalue weighted by Gasteiger charge is 2.25. The van der Waals surface area contributed by atoms with Gasteiger partial charge in [-0.3, -0.25) is 9.59 Å². The summed E-state index contributed by atoms with van der Waals surface area (Å²) in [4.78, 5) is 22.9. The van der Waals surface area contributed by atoms with Gasteiger partial charge in [0.05, 0.1) is 12.3 Å². The molecule has 2 aliphatic rings. The number of carboxylic acid groups (broad SMARTS) is 1. The Labute approximate surface area is 123 Å². The molecular weight excluding hydrogens is 266 g/mol. The van der Waals surface area contributed by atoms with Gasteiger partial charge in [-0.15, -0.1) is 0 Å². The van der Waals surface area contributed by atoms with Crippen molar-refractivity contribution in [1.82, 2.24) is 5.32 Å². The smallest absolute Gasteiger partial charge is 0.310 e. The Morgan fingerprint density at radius 2 is 2.00 bits per heavy atom. The van der Waals surface area contributed by atoms with Crippen LogP contribution in [0.25, 0.3) is 0 Å². The van der Waals surface area contributed by atoms with E-state index in [0.29, 0.717) is 12.8 Å². The van der Waals surface area contributed by atoms with Crippen molar-refractivity contribution in [3.05, 3.63) is 47.0 Å². The zero-order valence-electron chi connectivity index (χ0n) is 11.8. The average molecular weight is 285 g/mol. The van der Waals surface area contributed by atoms with Crippen LogP contribution in [0.4, 0.5) is 0 Å². The monoisotopic (exact) mass is 285 g/mol.